The van der Waals surface area contributed by atoms with Gasteiger partial charge in [0.25, 0.3) is 0 Å². The molecule has 4 nitrogen and oxygen atoms in total. The molecule has 0 unspecified atom stereocenters. The summed E-state index contributed by atoms with van der Waals surface area (Å²) in [5.41, 5.74) is 0. The van der Waals surface area contributed by atoms with E-state index in [1.54, 1.807) is 11.3 Å². The zero-order chi connectivity index (χ0) is 12.8. The van der Waals surface area contributed by atoms with Gasteiger partial charge in [0.2, 0.25) is 5.91 Å². The zero-order valence-corrected chi connectivity index (χ0v) is 11.7. The van der Waals surface area contributed by atoms with E-state index >= 15 is 0 Å². The Morgan fingerprint density at radius 3 is 3.17 bits per heavy atom. The minimum absolute atomic E-state index is 0.248. The van der Waals surface area contributed by atoms with Crippen molar-refractivity contribution in [3.63, 3.8) is 0 Å². The first-order chi connectivity index (χ1) is 8.75. The monoisotopic (exact) mass is 267 g/mol. The molecule has 2 heterocycles. The van der Waals surface area contributed by atoms with Gasteiger partial charge in [0.15, 0.2) is 0 Å². The molecule has 1 amide bonds. The van der Waals surface area contributed by atoms with Crippen LogP contribution in [0.5, 0.6) is 0 Å². The van der Waals surface area contributed by atoms with Crippen molar-refractivity contribution in [1.82, 2.24) is 15.1 Å². The van der Waals surface area contributed by atoms with Crippen molar-refractivity contribution in [1.29, 1.82) is 0 Å². The number of amides is 1. The second-order valence-electron chi connectivity index (χ2n) is 4.74. The zero-order valence-electron chi connectivity index (χ0n) is 10.9. The molecule has 0 aliphatic carbocycles. The van der Waals surface area contributed by atoms with Gasteiger partial charge in [-0.25, -0.2) is 0 Å². The summed E-state index contributed by atoms with van der Waals surface area (Å²) in [7, 11) is 2.01. The smallest absolute Gasteiger partial charge is 0.236 e. The predicted molar refractivity (Wildman–Crippen MR) is 74.7 cm³/mol. The Morgan fingerprint density at radius 2 is 2.39 bits per heavy atom. The van der Waals surface area contributed by atoms with E-state index in [4.69, 9.17) is 0 Å². The maximum Gasteiger partial charge on any atom is 0.236 e. The number of carbonyl (C=O) groups is 1. The third-order valence-corrected chi connectivity index (χ3v) is 3.96. The maximum absolute atomic E-state index is 12.1. The summed E-state index contributed by atoms with van der Waals surface area (Å²) < 4.78 is 0. The Kier molecular flexibility index (Phi) is 5.16. The average Bonchev–Trinajstić information content (AvgIpc) is 2.68. The van der Waals surface area contributed by atoms with E-state index in [9.17, 15) is 4.79 Å². The summed E-state index contributed by atoms with van der Waals surface area (Å²) in [6.45, 7) is 5.03. The van der Waals surface area contributed by atoms with Crippen molar-refractivity contribution in [2.24, 2.45) is 0 Å². The number of carbonyl (C=O) groups excluding carboxylic acids is 1. The fourth-order valence-corrected chi connectivity index (χ4v) is 2.93. The highest BCUT2D eigenvalue weighted by Crippen LogP contribution is 2.10. The van der Waals surface area contributed by atoms with Crippen LogP contribution in [0.25, 0.3) is 0 Å². The quantitative estimate of drug-likeness (QED) is 0.884. The summed E-state index contributed by atoms with van der Waals surface area (Å²) in [6.07, 6.45) is 1.06. The maximum atomic E-state index is 12.1. The van der Waals surface area contributed by atoms with Gasteiger partial charge in [-0.15, -0.1) is 11.3 Å². The van der Waals surface area contributed by atoms with Crippen molar-refractivity contribution in [3.8, 4) is 0 Å². The summed E-state index contributed by atoms with van der Waals surface area (Å²) in [5, 5.41) is 5.39. The lowest BCUT2D eigenvalue weighted by Crippen LogP contribution is -2.40. The minimum Gasteiger partial charge on any atom is -0.340 e. The van der Waals surface area contributed by atoms with Crippen LogP contribution < -0.4 is 5.32 Å². The number of nitrogens with one attached hydrogen (secondary N) is 1. The summed E-state index contributed by atoms with van der Waals surface area (Å²) >= 11 is 1.74. The first kappa shape index (κ1) is 13.5. The fraction of sp³-hybridized carbons (Fsp3) is 0.615. The van der Waals surface area contributed by atoms with E-state index in [1.165, 1.54) is 4.88 Å². The number of hydrogen-bond donors (Lipinski definition) is 1. The lowest BCUT2D eigenvalue weighted by Gasteiger charge is -2.23. The third-order valence-electron chi connectivity index (χ3n) is 3.10. The lowest BCUT2D eigenvalue weighted by molar-refractivity contribution is -0.132. The van der Waals surface area contributed by atoms with Crippen LogP contribution in [0.15, 0.2) is 17.5 Å². The van der Waals surface area contributed by atoms with Crippen LogP contribution in [-0.2, 0) is 11.3 Å². The van der Waals surface area contributed by atoms with Crippen LogP contribution in [-0.4, -0.2) is 55.5 Å². The van der Waals surface area contributed by atoms with Gasteiger partial charge in [0, 0.05) is 31.1 Å². The molecule has 1 fully saturated rings. The molecular weight excluding hydrogens is 246 g/mol. The number of hydrogen-bond acceptors (Lipinski definition) is 4. The van der Waals surface area contributed by atoms with E-state index in [0.717, 1.165) is 39.1 Å². The van der Waals surface area contributed by atoms with Gasteiger partial charge < -0.3 is 10.2 Å². The van der Waals surface area contributed by atoms with Crippen molar-refractivity contribution in [2.45, 2.75) is 13.0 Å². The molecule has 1 saturated heterocycles. The highest BCUT2D eigenvalue weighted by atomic mass is 32.1. The van der Waals surface area contributed by atoms with E-state index in [0.29, 0.717) is 6.54 Å². The molecule has 1 N–H and O–H groups in total. The first-order valence-electron chi connectivity index (χ1n) is 6.45. The standard InChI is InChI=1S/C13H21N3OS/c1-15(10-12-4-2-9-18-12)11-13(17)16-7-3-5-14-6-8-16/h2,4,9,14H,3,5-8,10-11H2,1H3. The van der Waals surface area contributed by atoms with Gasteiger partial charge in [0.1, 0.15) is 0 Å². The molecule has 0 bridgehead atoms. The molecule has 100 valence electrons. The molecular formula is C13H21N3OS. The van der Waals surface area contributed by atoms with E-state index in [-0.39, 0.29) is 5.91 Å². The molecule has 0 spiro atoms. The molecule has 1 aliphatic rings. The largest absolute Gasteiger partial charge is 0.340 e. The Bertz CT molecular complexity index is 358. The Hall–Kier alpha value is -0.910. The van der Waals surface area contributed by atoms with Crippen molar-refractivity contribution < 1.29 is 4.79 Å². The molecule has 0 atom stereocenters. The van der Waals surface area contributed by atoms with Crippen LogP contribution in [0, 0.1) is 0 Å². The number of nitrogens with zero attached hydrogens (tertiary/aromatic N) is 2. The fourth-order valence-electron chi connectivity index (χ4n) is 2.15. The van der Waals surface area contributed by atoms with Gasteiger partial charge in [-0.1, -0.05) is 6.07 Å². The van der Waals surface area contributed by atoms with Crippen molar-refractivity contribution >= 4 is 17.2 Å². The third kappa shape index (κ3) is 4.08. The molecule has 2 rings (SSSR count). The van der Waals surface area contributed by atoms with Gasteiger partial charge in [-0.3, -0.25) is 9.69 Å². The topological polar surface area (TPSA) is 35.6 Å². The molecule has 5 heteroatoms. The highest BCUT2D eigenvalue weighted by molar-refractivity contribution is 7.09. The first-order valence-corrected chi connectivity index (χ1v) is 7.33. The molecule has 18 heavy (non-hydrogen) atoms. The molecule has 0 saturated carbocycles. The Labute approximate surface area is 113 Å². The Morgan fingerprint density at radius 1 is 1.50 bits per heavy atom. The van der Waals surface area contributed by atoms with Crippen LogP contribution in [0.4, 0.5) is 0 Å². The summed E-state index contributed by atoms with van der Waals surface area (Å²) in [4.78, 5) is 17.5. The molecule has 1 aliphatic heterocycles. The summed E-state index contributed by atoms with van der Waals surface area (Å²) in [5.74, 6) is 0.248. The number of likely N-dealkylation sites (N-methyl/N-ethyl adjacent to an activating group) is 1. The SMILES string of the molecule is CN(CC(=O)N1CCCNCC1)Cc1cccs1. The van der Waals surface area contributed by atoms with E-state index in [1.807, 2.05) is 11.9 Å². The summed E-state index contributed by atoms with van der Waals surface area (Å²) in [6, 6.07) is 4.16. The van der Waals surface area contributed by atoms with E-state index < -0.39 is 0 Å². The van der Waals surface area contributed by atoms with Gasteiger partial charge in [-0.2, -0.15) is 0 Å². The molecule has 1 aromatic rings. The minimum atomic E-state index is 0.248. The number of rotatable bonds is 4. The second kappa shape index (κ2) is 6.87. The van der Waals surface area contributed by atoms with Crippen LogP contribution in [0.3, 0.4) is 0 Å². The van der Waals surface area contributed by atoms with Crippen LogP contribution in [0.2, 0.25) is 0 Å². The van der Waals surface area contributed by atoms with Gasteiger partial charge in [-0.05, 0) is 31.5 Å². The van der Waals surface area contributed by atoms with Gasteiger partial charge >= 0.3 is 0 Å². The normalized spacial score (nSPS) is 16.9. The van der Waals surface area contributed by atoms with E-state index in [2.05, 4.69) is 27.7 Å². The predicted octanol–water partition coefficient (Wildman–Crippen LogP) is 1.00. The van der Waals surface area contributed by atoms with Crippen molar-refractivity contribution in [3.05, 3.63) is 22.4 Å². The highest BCUT2D eigenvalue weighted by Gasteiger charge is 2.16. The number of thiophene rings is 1. The Balaban J connectivity index is 1.78. The molecule has 1 aromatic heterocycles. The van der Waals surface area contributed by atoms with Crippen molar-refractivity contribution in [2.75, 3.05) is 39.8 Å². The molecule has 0 aromatic carbocycles. The van der Waals surface area contributed by atoms with Crippen LogP contribution in [0.1, 0.15) is 11.3 Å². The average molecular weight is 267 g/mol. The van der Waals surface area contributed by atoms with Gasteiger partial charge in [0.05, 0.1) is 6.54 Å². The van der Waals surface area contributed by atoms with Crippen LogP contribution >= 0.6 is 11.3 Å². The second-order valence-corrected chi connectivity index (χ2v) is 5.77. The lowest BCUT2D eigenvalue weighted by atomic mass is 10.3. The molecule has 0 radical (unpaired) electrons.